The number of piperidine rings is 1. The fraction of sp³-hybridized carbons (Fsp3) is 0.417. The molecule has 5 nitrogen and oxygen atoms in total. The van der Waals surface area contributed by atoms with Crippen LogP contribution in [0.3, 0.4) is 0 Å². The zero-order valence-electron chi connectivity index (χ0n) is 17.8. The van der Waals surface area contributed by atoms with Gasteiger partial charge in [0.25, 0.3) is 0 Å². The van der Waals surface area contributed by atoms with Crippen molar-refractivity contribution in [3.8, 4) is 6.07 Å². The number of benzene rings is 2. The van der Waals surface area contributed by atoms with E-state index >= 15 is 0 Å². The van der Waals surface area contributed by atoms with Crippen LogP contribution >= 0.6 is 0 Å². The highest BCUT2D eigenvalue weighted by Crippen LogP contribution is 2.44. The van der Waals surface area contributed by atoms with Gasteiger partial charge in [0.2, 0.25) is 5.91 Å². The van der Waals surface area contributed by atoms with Gasteiger partial charge in [0.15, 0.2) is 0 Å². The molecule has 9 heteroatoms. The van der Waals surface area contributed by atoms with Gasteiger partial charge in [0, 0.05) is 37.3 Å². The van der Waals surface area contributed by atoms with Crippen molar-refractivity contribution in [3.63, 3.8) is 0 Å². The Morgan fingerprint density at radius 3 is 2.64 bits per heavy atom. The lowest BCUT2D eigenvalue weighted by atomic mass is 9.74. The fourth-order valence-corrected chi connectivity index (χ4v) is 5.00. The number of aliphatic hydroxyl groups is 1. The standard InChI is InChI=1S/C24H23F4N3O2/c25-21-4-2-1-3-16(21)9-22(33)31-12-18-7-8-30(13-23(18,14-31)15-32)19-6-5-17(11-29)20(10-19)24(26,27)28/h1-6,10,18,32H,7-9,12-15H2/t18-,23+/m1/s1. The monoisotopic (exact) mass is 461 g/mol. The summed E-state index contributed by atoms with van der Waals surface area (Å²) in [7, 11) is 0. The van der Waals surface area contributed by atoms with E-state index in [0.29, 0.717) is 30.8 Å². The van der Waals surface area contributed by atoms with E-state index in [-0.39, 0.29) is 37.9 Å². The van der Waals surface area contributed by atoms with Gasteiger partial charge in [-0.2, -0.15) is 18.4 Å². The summed E-state index contributed by atoms with van der Waals surface area (Å²) in [5.41, 5.74) is -1.49. The number of alkyl halides is 3. The van der Waals surface area contributed by atoms with Crippen LogP contribution in [0.5, 0.6) is 0 Å². The summed E-state index contributed by atoms with van der Waals surface area (Å²) in [5, 5.41) is 19.3. The number of nitriles is 1. The molecule has 0 aromatic heterocycles. The van der Waals surface area contributed by atoms with Crippen LogP contribution in [0.15, 0.2) is 42.5 Å². The second kappa shape index (κ2) is 8.67. The van der Waals surface area contributed by atoms with Crippen molar-refractivity contribution >= 4 is 11.6 Å². The van der Waals surface area contributed by atoms with E-state index in [1.165, 1.54) is 12.1 Å². The highest BCUT2D eigenvalue weighted by atomic mass is 19.4. The normalized spacial score (nSPS) is 22.7. The number of carbonyl (C=O) groups excluding carboxylic acids is 1. The van der Waals surface area contributed by atoms with Crippen molar-refractivity contribution < 1.29 is 27.5 Å². The van der Waals surface area contributed by atoms with Crippen LogP contribution in [0.25, 0.3) is 0 Å². The highest BCUT2D eigenvalue weighted by Gasteiger charge is 2.50. The number of halogens is 4. The number of hydrogen-bond donors (Lipinski definition) is 1. The number of aliphatic hydroxyl groups excluding tert-OH is 1. The van der Waals surface area contributed by atoms with Gasteiger partial charge in [-0.05, 0) is 42.2 Å². The molecule has 0 saturated carbocycles. The Morgan fingerprint density at radius 2 is 1.97 bits per heavy atom. The lowest BCUT2D eigenvalue weighted by Crippen LogP contribution is -2.51. The number of hydrogen-bond acceptors (Lipinski definition) is 4. The Balaban J connectivity index is 1.53. The van der Waals surface area contributed by atoms with E-state index < -0.39 is 28.5 Å². The molecule has 0 unspecified atom stereocenters. The van der Waals surface area contributed by atoms with E-state index in [9.17, 15) is 27.5 Å². The zero-order valence-corrected chi connectivity index (χ0v) is 17.8. The average molecular weight is 461 g/mol. The SMILES string of the molecule is N#Cc1ccc(N2CC[C@@H]3CN(C(=O)Cc4ccccc4F)C[C@]3(CO)C2)cc1C(F)(F)F. The minimum atomic E-state index is -4.66. The van der Waals surface area contributed by atoms with Crippen LogP contribution in [0, 0.1) is 28.5 Å². The molecule has 0 spiro atoms. The van der Waals surface area contributed by atoms with E-state index in [1.54, 1.807) is 34.1 Å². The molecule has 1 N–H and O–H groups in total. The third-order valence-electron chi connectivity index (χ3n) is 6.83. The van der Waals surface area contributed by atoms with Crippen LogP contribution in [-0.2, 0) is 17.4 Å². The number of fused-ring (bicyclic) bond motifs is 1. The van der Waals surface area contributed by atoms with Crippen LogP contribution in [0.4, 0.5) is 23.2 Å². The van der Waals surface area contributed by atoms with Gasteiger partial charge in [-0.1, -0.05) is 18.2 Å². The Bertz CT molecular complexity index is 1100. The third kappa shape index (κ3) is 4.40. The second-order valence-electron chi connectivity index (χ2n) is 8.81. The van der Waals surface area contributed by atoms with E-state index in [0.717, 1.165) is 12.1 Å². The maximum atomic E-state index is 14.0. The minimum Gasteiger partial charge on any atom is -0.396 e. The summed E-state index contributed by atoms with van der Waals surface area (Å²) in [4.78, 5) is 16.2. The molecular weight excluding hydrogens is 438 g/mol. The van der Waals surface area contributed by atoms with Crippen LogP contribution in [0.2, 0.25) is 0 Å². The largest absolute Gasteiger partial charge is 0.417 e. The topological polar surface area (TPSA) is 67.6 Å². The summed E-state index contributed by atoms with van der Waals surface area (Å²) in [6, 6.07) is 11.3. The Hall–Kier alpha value is -3.12. The van der Waals surface area contributed by atoms with Crippen molar-refractivity contribution in [2.24, 2.45) is 11.3 Å². The summed E-state index contributed by atoms with van der Waals surface area (Å²) in [6.07, 6.45) is -4.15. The predicted octanol–water partition coefficient (Wildman–Crippen LogP) is 3.61. The molecule has 2 aromatic rings. The molecular formula is C24H23F4N3O2. The maximum absolute atomic E-state index is 14.0. The maximum Gasteiger partial charge on any atom is 0.417 e. The molecule has 2 atom stereocenters. The van der Waals surface area contributed by atoms with Gasteiger partial charge >= 0.3 is 6.18 Å². The average Bonchev–Trinajstić information content (AvgIpc) is 3.19. The van der Waals surface area contributed by atoms with Crippen molar-refractivity contribution in [1.82, 2.24) is 4.90 Å². The lowest BCUT2D eigenvalue weighted by molar-refractivity contribution is -0.137. The Labute approximate surface area is 188 Å². The Kier molecular flexibility index (Phi) is 6.06. The lowest BCUT2D eigenvalue weighted by Gasteiger charge is -2.44. The smallest absolute Gasteiger partial charge is 0.396 e. The molecule has 174 valence electrons. The first-order chi connectivity index (χ1) is 15.7. The summed E-state index contributed by atoms with van der Waals surface area (Å²) in [5.74, 6) is -0.706. The number of nitrogens with zero attached hydrogens (tertiary/aromatic N) is 3. The molecule has 33 heavy (non-hydrogen) atoms. The number of amides is 1. The molecule has 2 saturated heterocycles. The molecule has 2 heterocycles. The van der Waals surface area contributed by atoms with Crippen molar-refractivity contribution in [1.29, 1.82) is 5.26 Å². The molecule has 0 bridgehead atoms. The van der Waals surface area contributed by atoms with Gasteiger partial charge in [0.1, 0.15) is 5.82 Å². The molecule has 4 rings (SSSR count). The predicted molar refractivity (Wildman–Crippen MR) is 113 cm³/mol. The van der Waals surface area contributed by atoms with Crippen molar-refractivity contribution in [3.05, 3.63) is 65.0 Å². The van der Waals surface area contributed by atoms with Gasteiger partial charge in [-0.3, -0.25) is 4.79 Å². The second-order valence-corrected chi connectivity index (χ2v) is 8.81. The minimum absolute atomic E-state index is 0.0104. The van der Waals surface area contributed by atoms with Gasteiger partial charge in [0.05, 0.1) is 30.2 Å². The summed E-state index contributed by atoms with van der Waals surface area (Å²) >= 11 is 0. The van der Waals surface area contributed by atoms with E-state index in [2.05, 4.69) is 0 Å². The number of rotatable bonds is 4. The quantitative estimate of drug-likeness (QED) is 0.707. The van der Waals surface area contributed by atoms with E-state index in [1.807, 2.05) is 0 Å². The number of anilines is 1. The number of likely N-dealkylation sites (tertiary alicyclic amines) is 1. The van der Waals surface area contributed by atoms with Crippen LogP contribution < -0.4 is 4.90 Å². The third-order valence-corrected chi connectivity index (χ3v) is 6.83. The first kappa shape index (κ1) is 23.1. The Morgan fingerprint density at radius 1 is 1.21 bits per heavy atom. The molecule has 2 aromatic carbocycles. The molecule has 2 aliphatic heterocycles. The molecule has 1 amide bonds. The van der Waals surface area contributed by atoms with Gasteiger partial charge in [-0.15, -0.1) is 0 Å². The zero-order chi connectivity index (χ0) is 23.8. The summed E-state index contributed by atoms with van der Waals surface area (Å²) < 4.78 is 54.2. The van der Waals surface area contributed by atoms with Crippen molar-refractivity contribution in [2.45, 2.75) is 19.0 Å². The van der Waals surface area contributed by atoms with E-state index in [4.69, 9.17) is 5.26 Å². The fourth-order valence-electron chi connectivity index (χ4n) is 5.00. The molecule has 0 aliphatic carbocycles. The van der Waals surface area contributed by atoms with Crippen LogP contribution in [-0.4, -0.2) is 48.7 Å². The molecule has 2 fully saturated rings. The van der Waals surface area contributed by atoms with Crippen LogP contribution in [0.1, 0.15) is 23.1 Å². The first-order valence-corrected chi connectivity index (χ1v) is 10.7. The highest BCUT2D eigenvalue weighted by molar-refractivity contribution is 5.79. The number of carbonyl (C=O) groups is 1. The first-order valence-electron chi connectivity index (χ1n) is 10.7. The van der Waals surface area contributed by atoms with Crippen molar-refractivity contribution in [2.75, 3.05) is 37.7 Å². The molecule has 2 aliphatic rings. The molecule has 0 radical (unpaired) electrons. The summed E-state index contributed by atoms with van der Waals surface area (Å²) in [6.45, 7) is 1.19. The van der Waals surface area contributed by atoms with Gasteiger partial charge in [-0.25, -0.2) is 4.39 Å². The van der Waals surface area contributed by atoms with Gasteiger partial charge < -0.3 is 14.9 Å².